The molecule has 3 rings (SSSR count). The normalized spacial score (nSPS) is 20.1. The minimum Gasteiger partial charge on any atom is -0.444 e. The van der Waals surface area contributed by atoms with Gasteiger partial charge in [-0.15, -0.1) is 0 Å². The van der Waals surface area contributed by atoms with Gasteiger partial charge in [-0.2, -0.15) is 5.26 Å². The number of carbonyl (C=O) groups excluding carboxylic acids is 1. The number of aromatic nitrogens is 2. The number of benzene rings is 1. The molecular weight excluding hydrogens is 378 g/mol. The maximum atomic E-state index is 12.5. The van der Waals surface area contributed by atoms with Crippen LogP contribution in [0.15, 0.2) is 36.8 Å². The average molecular weight is 410 g/mol. The highest BCUT2D eigenvalue weighted by atomic mass is 16.6. The highest BCUT2D eigenvalue weighted by Crippen LogP contribution is 2.21. The average Bonchev–Trinajstić information content (AvgIpc) is 3.10. The Bertz CT molecular complexity index is 895. The van der Waals surface area contributed by atoms with Gasteiger partial charge in [0.05, 0.1) is 23.7 Å². The number of nitrogens with zero attached hydrogens (tertiary/aromatic N) is 5. The predicted molar refractivity (Wildman–Crippen MR) is 115 cm³/mol. The molecule has 7 nitrogen and oxygen atoms in total. The van der Waals surface area contributed by atoms with Gasteiger partial charge < -0.3 is 14.2 Å². The van der Waals surface area contributed by atoms with Gasteiger partial charge in [0, 0.05) is 44.5 Å². The van der Waals surface area contributed by atoms with Crippen LogP contribution in [0.3, 0.4) is 0 Å². The van der Waals surface area contributed by atoms with Crippen molar-refractivity contribution >= 4 is 6.09 Å². The van der Waals surface area contributed by atoms with Gasteiger partial charge in [-0.05, 0) is 52.3 Å². The lowest BCUT2D eigenvalue weighted by Gasteiger charge is -2.44. The van der Waals surface area contributed by atoms with Crippen LogP contribution in [-0.2, 0) is 17.8 Å². The number of rotatable bonds is 4. The Morgan fingerprint density at radius 1 is 1.17 bits per heavy atom. The molecule has 0 saturated carbocycles. The van der Waals surface area contributed by atoms with Crippen molar-refractivity contribution in [3.8, 4) is 6.07 Å². The van der Waals surface area contributed by atoms with Crippen LogP contribution in [-0.4, -0.2) is 56.2 Å². The number of hydrogen-bond acceptors (Lipinski definition) is 5. The smallest absolute Gasteiger partial charge is 0.410 e. The number of carbonyl (C=O) groups is 1. The van der Waals surface area contributed by atoms with Crippen LogP contribution in [0.25, 0.3) is 0 Å². The van der Waals surface area contributed by atoms with Crippen LogP contribution in [0.1, 0.15) is 51.4 Å². The number of ether oxygens (including phenoxy) is 1. The van der Waals surface area contributed by atoms with E-state index in [1.54, 1.807) is 0 Å². The van der Waals surface area contributed by atoms with Gasteiger partial charge in [-0.25, -0.2) is 9.78 Å². The lowest BCUT2D eigenvalue weighted by Crippen LogP contribution is -2.58. The highest BCUT2D eigenvalue weighted by Gasteiger charge is 2.34. The highest BCUT2D eigenvalue weighted by molar-refractivity contribution is 5.68. The quantitative estimate of drug-likeness (QED) is 0.771. The fourth-order valence-electron chi connectivity index (χ4n) is 3.83. The molecule has 0 unspecified atom stereocenters. The number of nitriles is 1. The van der Waals surface area contributed by atoms with E-state index in [4.69, 9.17) is 10.00 Å². The van der Waals surface area contributed by atoms with E-state index >= 15 is 0 Å². The van der Waals surface area contributed by atoms with Crippen molar-refractivity contribution in [2.24, 2.45) is 0 Å². The van der Waals surface area contributed by atoms with Crippen molar-refractivity contribution in [2.45, 2.75) is 65.4 Å². The van der Waals surface area contributed by atoms with E-state index in [0.29, 0.717) is 25.2 Å². The van der Waals surface area contributed by atoms with Crippen LogP contribution in [0.4, 0.5) is 4.79 Å². The molecule has 1 aromatic carbocycles. The minimum atomic E-state index is -0.487. The summed E-state index contributed by atoms with van der Waals surface area (Å²) in [6.07, 6.45) is 3.51. The van der Waals surface area contributed by atoms with E-state index in [9.17, 15) is 4.79 Å². The van der Waals surface area contributed by atoms with Crippen molar-refractivity contribution in [2.75, 3.05) is 13.1 Å². The number of piperazine rings is 1. The molecule has 2 atom stereocenters. The van der Waals surface area contributed by atoms with Gasteiger partial charge in [0.25, 0.3) is 0 Å². The first kappa shape index (κ1) is 21.8. The maximum Gasteiger partial charge on any atom is 0.410 e. The van der Waals surface area contributed by atoms with Gasteiger partial charge >= 0.3 is 6.09 Å². The van der Waals surface area contributed by atoms with E-state index in [2.05, 4.69) is 34.4 Å². The SMILES string of the molecule is C[C@@H]1CN(C(=O)OC(C)(C)C)C[C@H](C)N1Cc1cncn1Cc1ccc(C#N)cc1. The number of amides is 1. The second-order valence-corrected chi connectivity index (χ2v) is 9.08. The van der Waals surface area contributed by atoms with Crippen LogP contribution in [0.5, 0.6) is 0 Å². The van der Waals surface area contributed by atoms with Crippen molar-refractivity contribution in [1.82, 2.24) is 19.4 Å². The number of imidazole rings is 1. The van der Waals surface area contributed by atoms with Gasteiger partial charge in [0.1, 0.15) is 5.60 Å². The third kappa shape index (κ3) is 5.39. The number of hydrogen-bond donors (Lipinski definition) is 0. The second kappa shape index (κ2) is 8.88. The molecule has 0 radical (unpaired) electrons. The van der Waals surface area contributed by atoms with E-state index in [0.717, 1.165) is 17.8 Å². The Kier molecular flexibility index (Phi) is 6.47. The molecule has 1 aromatic heterocycles. The molecule has 1 saturated heterocycles. The summed E-state index contributed by atoms with van der Waals surface area (Å²) in [6.45, 7) is 12.7. The summed E-state index contributed by atoms with van der Waals surface area (Å²) in [5.41, 5.74) is 2.43. The van der Waals surface area contributed by atoms with E-state index < -0.39 is 5.60 Å². The second-order valence-electron chi connectivity index (χ2n) is 9.08. The van der Waals surface area contributed by atoms with Crippen molar-refractivity contribution in [1.29, 1.82) is 5.26 Å². The summed E-state index contributed by atoms with van der Waals surface area (Å²) >= 11 is 0. The molecule has 0 aliphatic carbocycles. The fourth-order valence-corrected chi connectivity index (χ4v) is 3.83. The zero-order valence-corrected chi connectivity index (χ0v) is 18.5. The molecule has 1 fully saturated rings. The van der Waals surface area contributed by atoms with Gasteiger partial charge in [0.2, 0.25) is 0 Å². The van der Waals surface area contributed by atoms with E-state index in [1.165, 1.54) is 0 Å². The van der Waals surface area contributed by atoms with Crippen molar-refractivity contribution in [3.05, 3.63) is 53.6 Å². The van der Waals surface area contributed by atoms with Crippen molar-refractivity contribution in [3.63, 3.8) is 0 Å². The molecule has 2 heterocycles. The zero-order valence-electron chi connectivity index (χ0n) is 18.5. The van der Waals surface area contributed by atoms with Gasteiger partial charge in [-0.3, -0.25) is 4.90 Å². The van der Waals surface area contributed by atoms with E-state index in [-0.39, 0.29) is 18.2 Å². The molecule has 1 amide bonds. The molecule has 1 aliphatic rings. The first-order valence-corrected chi connectivity index (χ1v) is 10.4. The Hall–Kier alpha value is -2.85. The Balaban J connectivity index is 1.65. The Labute approximate surface area is 178 Å². The fraction of sp³-hybridized carbons (Fsp3) is 0.522. The lowest BCUT2D eigenvalue weighted by atomic mass is 10.1. The summed E-state index contributed by atoms with van der Waals surface area (Å²) in [6, 6.07) is 10.2. The third-order valence-corrected chi connectivity index (χ3v) is 5.33. The first-order chi connectivity index (χ1) is 14.2. The molecular formula is C23H31N5O2. The lowest BCUT2D eigenvalue weighted by molar-refractivity contribution is -0.0102. The molecule has 1 aliphatic heterocycles. The molecule has 160 valence electrons. The summed E-state index contributed by atoms with van der Waals surface area (Å²) in [5, 5.41) is 8.97. The van der Waals surface area contributed by atoms with E-state index in [1.807, 2.05) is 62.5 Å². The Morgan fingerprint density at radius 3 is 2.37 bits per heavy atom. The molecule has 30 heavy (non-hydrogen) atoms. The molecule has 7 heteroatoms. The summed E-state index contributed by atoms with van der Waals surface area (Å²) in [4.78, 5) is 21.1. The Morgan fingerprint density at radius 2 is 1.80 bits per heavy atom. The summed E-state index contributed by atoms with van der Waals surface area (Å²) in [7, 11) is 0. The van der Waals surface area contributed by atoms with Crippen molar-refractivity contribution < 1.29 is 9.53 Å². The van der Waals surface area contributed by atoms with Crippen LogP contribution >= 0.6 is 0 Å². The standard InChI is InChI=1S/C23H31N5O2/c1-17-12-26(22(29)30-23(3,4)5)13-18(2)28(17)15-21-11-25-16-27(21)14-20-8-6-19(10-24)7-9-20/h6-9,11,16-18H,12-15H2,1-5H3/t17-,18+. The van der Waals surface area contributed by atoms with Gasteiger partial charge in [0.15, 0.2) is 0 Å². The van der Waals surface area contributed by atoms with Crippen LogP contribution in [0.2, 0.25) is 0 Å². The summed E-state index contributed by atoms with van der Waals surface area (Å²) < 4.78 is 7.69. The molecule has 0 bridgehead atoms. The monoisotopic (exact) mass is 409 g/mol. The van der Waals surface area contributed by atoms with Gasteiger partial charge in [-0.1, -0.05) is 12.1 Å². The molecule has 0 spiro atoms. The third-order valence-electron chi connectivity index (χ3n) is 5.33. The maximum absolute atomic E-state index is 12.5. The minimum absolute atomic E-state index is 0.208. The topological polar surface area (TPSA) is 74.4 Å². The first-order valence-electron chi connectivity index (χ1n) is 10.4. The largest absolute Gasteiger partial charge is 0.444 e. The molecule has 2 aromatic rings. The summed E-state index contributed by atoms with van der Waals surface area (Å²) in [5.74, 6) is 0. The molecule has 0 N–H and O–H groups in total. The predicted octanol–water partition coefficient (Wildman–Crippen LogP) is 3.63. The van der Waals surface area contributed by atoms with Crippen LogP contribution < -0.4 is 0 Å². The van der Waals surface area contributed by atoms with Crippen LogP contribution in [0, 0.1) is 11.3 Å². The zero-order chi connectivity index (χ0) is 21.9.